The number of ether oxygens (including phenoxy) is 2. The highest BCUT2D eigenvalue weighted by Crippen LogP contribution is 2.28. The van der Waals surface area contributed by atoms with Crippen molar-refractivity contribution in [3.63, 3.8) is 0 Å². The Morgan fingerprint density at radius 2 is 2.00 bits per heavy atom. The molecule has 1 aliphatic rings. The van der Waals surface area contributed by atoms with Crippen molar-refractivity contribution >= 4 is 23.3 Å². The van der Waals surface area contributed by atoms with Crippen LogP contribution in [-0.2, 0) is 4.74 Å². The summed E-state index contributed by atoms with van der Waals surface area (Å²) in [5.74, 6) is 0.167. The Morgan fingerprint density at radius 1 is 1.20 bits per heavy atom. The summed E-state index contributed by atoms with van der Waals surface area (Å²) in [5, 5.41) is 8.60. The van der Waals surface area contributed by atoms with E-state index >= 15 is 0 Å². The van der Waals surface area contributed by atoms with Gasteiger partial charge in [0.05, 0.1) is 17.5 Å². The van der Waals surface area contributed by atoms with Crippen molar-refractivity contribution in [2.45, 2.75) is 6.10 Å². The molecule has 7 heteroatoms. The second-order valence-corrected chi connectivity index (χ2v) is 5.69. The van der Waals surface area contributed by atoms with Crippen LogP contribution in [0.25, 0.3) is 16.6 Å². The number of hydrogen-bond donors (Lipinski definition) is 1. The molecule has 3 aromatic rings. The minimum atomic E-state index is -0.322. The first-order valence-corrected chi connectivity index (χ1v) is 8.01. The highest BCUT2D eigenvalue weighted by Gasteiger charge is 2.18. The minimum Gasteiger partial charge on any atom is -0.473 e. The van der Waals surface area contributed by atoms with Crippen molar-refractivity contribution in [2.24, 2.45) is 0 Å². The van der Waals surface area contributed by atoms with Gasteiger partial charge in [0.2, 0.25) is 5.88 Å². The number of benzene rings is 2. The first-order chi connectivity index (χ1) is 11.8. The molecule has 1 N–H and O–H groups in total. The molecule has 1 fully saturated rings. The lowest BCUT2D eigenvalue weighted by Crippen LogP contribution is -2.41. The van der Waals surface area contributed by atoms with Gasteiger partial charge in [-0.2, -0.15) is 0 Å². The number of aromatic nitrogens is 2. The molecular weight excluding hydrogens is 345 g/mol. The lowest BCUT2D eigenvalue weighted by molar-refractivity contribution is -0.000507. The lowest BCUT2D eigenvalue weighted by atomic mass is 10.2. The van der Waals surface area contributed by atoms with E-state index in [1.807, 2.05) is 24.3 Å². The zero-order valence-corrected chi connectivity index (χ0v) is 14.3. The molecule has 1 aromatic heterocycles. The van der Waals surface area contributed by atoms with Crippen LogP contribution < -0.4 is 10.1 Å². The third-order valence-electron chi connectivity index (χ3n) is 4.04. The van der Waals surface area contributed by atoms with Crippen LogP contribution in [0.4, 0.5) is 4.39 Å². The molecule has 2 aromatic carbocycles. The van der Waals surface area contributed by atoms with Gasteiger partial charge in [-0.25, -0.2) is 9.07 Å². The third-order valence-corrected chi connectivity index (χ3v) is 4.04. The Bertz CT molecular complexity index is 849. The first kappa shape index (κ1) is 17.7. The van der Waals surface area contributed by atoms with Crippen molar-refractivity contribution in [1.29, 1.82) is 0 Å². The van der Waals surface area contributed by atoms with Gasteiger partial charge in [-0.15, -0.1) is 17.5 Å². The van der Waals surface area contributed by atoms with Gasteiger partial charge in [-0.3, -0.25) is 0 Å². The topological polar surface area (TPSA) is 48.3 Å². The summed E-state index contributed by atoms with van der Waals surface area (Å²) >= 11 is 0. The van der Waals surface area contributed by atoms with E-state index < -0.39 is 0 Å². The molecule has 4 rings (SSSR count). The van der Waals surface area contributed by atoms with E-state index in [1.54, 1.807) is 22.9 Å². The van der Waals surface area contributed by atoms with Gasteiger partial charge in [0.25, 0.3) is 0 Å². The summed E-state index contributed by atoms with van der Waals surface area (Å²) < 4.78 is 27.3. The summed E-state index contributed by atoms with van der Waals surface area (Å²) in [7, 11) is 0. The second kappa shape index (κ2) is 7.82. The Hall–Kier alpha value is -2.15. The quantitative estimate of drug-likeness (QED) is 0.774. The Labute approximate surface area is 151 Å². The maximum Gasteiger partial charge on any atom is 0.241 e. The highest BCUT2D eigenvalue weighted by molar-refractivity contribution is 5.86. The van der Waals surface area contributed by atoms with Crippen LogP contribution in [-0.4, -0.2) is 42.2 Å². The molecule has 2 heterocycles. The molecule has 0 aliphatic carbocycles. The molecule has 0 amide bonds. The molecular formula is C18H19ClFN3O2. The molecule has 0 bridgehead atoms. The second-order valence-electron chi connectivity index (χ2n) is 5.69. The standard InChI is InChI=1S/C18H18FN3O2.ClH/c19-15-6-2-4-8-17(15)22-16-7-3-1-5-14(16)18(21-22)24-12-13-11-20-9-10-23-13;/h1-8,13,20H,9-12H2;1H. The average Bonchev–Trinajstić information content (AvgIpc) is 3.00. The van der Waals surface area contributed by atoms with E-state index in [4.69, 9.17) is 9.47 Å². The molecule has 1 unspecified atom stereocenters. The summed E-state index contributed by atoms with van der Waals surface area (Å²) in [6.07, 6.45) is -0.00359. The predicted molar refractivity (Wildman–Crippen MR) is 96.4 cm³/mol. The molecule has 0 saturated carbocycles. The number of para-hydroxylation sites is 2. The van der Waals surface area contributed by atoms with Crippen molar-refractivity contribution in [3.8, 4) is 11.6 Å². The Morgan fingerprint density at radius 3 is 2.80 bits per heavy atom. The van der Waals surface area contributed by atoms with Gasteiger partial charge in [-0.1, -0.05) is 24.3 Å². The summed E-state index contributed by atoms with van der Waals surface area (Å²) in [5.41, 5.74) is 1.21. The number of morpholine rings is 1. The molecule has 132 valence electrons. The summed E-state index contributed by atoms with van der Waals surface area (Å²) in [6.45, 7) is 2.71. The number of nitrogens with one attached hydrogen (secondary N) is 1. The number of fused-ring (bicyclic) bond motifs is 1. The van der Waals surface area contributed by atoms with Crippen molar-refractivity contribution in [1.82, 2.24) is 15.1 Å². The van der Waals surface area contributed by atoms with Crippen LogP contribution in [0.15, 0.2) is 48.5 Å². The van der Waals surface area contributed by atoms with Crippen LogP contribution in [0.1, 0.15) is 0 Å². The highest BCUT2D eigenvalue weighted by atomic mass is 35.5. The third kappa shape index (κ3) is 3.61. The fraction of sp³-hybridized carbons (Fsp3) is 0.278. The fourth-order valence-corrected chi connectivity index (χ4v) is 2.85. The van der Waals surface area contributed by atoms with Crippen molar-refractivity contribution in [2.75, 3.05) is 26.3 Å². The SMILES string of the molecule is Cl.Fc1ccccc1-n1nc(OCC2CNCCO2)c2ccccc21. The van der Waals surface area contributed by atoms with Crippen LogP contribution in [0.3, 0.4) is 0 Å². The fourth-order valence-electron chi connectivity index (χ4n) is 2.85. The van der Waals surface area contributed by atoms with E-state index in [9.17, 15) is 4.39 Å². The van der Waals surface area contributed by atoms with Crippen LogP contribution >= 0.6 is 12.4 Å². The average molecular weight is 364 g/mol. The zero-order chi connectivity index (χ0) is 16.4. The Kier molecular flexibility index (Phi) is 5.53. The largest absolute Gasteiger partial charge is 0.473 e. The van der Waals surface area contributed by atoms with E-state index in [0.29, 0.717) is 24.8 Å². The zero-order valence-electron chi connectivity index (χ0n) is 13.5. The van der Waals surface area contributed by atoms with E-state index in [1.165, 1.54) is 6.07 Å². The monoisotopic (exact) mass is 363 g/mol. The maximum atomic E-state index is 14.2. The number of halogens is 2. The minimum absolute atomic E-state index is 0. The van der Waals surface area contributed by atoms with Crippen LogP contribution in [0, 0.1) is 5.82 Å². The number of rotatable bonds is 4. The van der Waals surface area contributed by atoms with Gasteiger partial charge in [-0.05, 0) is 24.3 Å². The molecule has 0 radical (unpaired) electrons. The molecule has 0 spiro atoms. The van der Waals surface area contributed by atoms with Crippen LogP contribution in [0.5, 0.6) is 5.88 Å². The van der Waals surface area contributed by atoms with E-state index in [0.717, 1.165) is 24.0 Å². The van der Waals surface area contributed by atoms with Gasteiger partial charge < -0.3 is 14.8 Å². The van der Waals surface area contributed by atoms with Gasteiger partial charge in [0.1, 0.15) is 24.2 Å². The lowest BCUT2D eigenvalue weighted by Gasteiger charge is -2.23. The molecule has 25 heavy (non-hydrogen) atoms. The van der Waals surface area contributed by atoms with E-state index in [2.05, 4.69) is 10.4 Å². The van der Waals surface area contributed by atoms with E-state index in [-0.39, 0.29) is 24.3 Å². The van der Waals surface area contributed by atoms with Gasteiger partial charge in [0, 0.05) is 13.1 Å². The summed E-state index contributed by atoms with van der Waals surface area (Å²) in [6, 6.07) is 14.2. The predicted octanol–water partition coefficient (Wildman–Crippen LogP) is 2.95. The van der Waals surface area contributed by atoms with Crippen molar-refractivity contribution < 1.29 is 13.9 Å². The maximum absolute atomic E-state index is 14.2. The van der Waals surface area contributed by atoms with Crippen LogP contribution in [0.2, 0.25) is 0 Å². The van der Waals surface area contributed by atoms with Gasteiger partial charge in [0.15, 0.2) is 0 Å². The van der Waals surface area contributed by atoms with Gasteiger partial charge >= 0.3 is 0 Å². The molecule has 1 atom stereocenters. The normalized spacial score (nSPS) is 17.2. The van der Waals surface area contributed by atoms with Crippen molar-refractivity contribution in [3.05, 3.63) is 54.3 Å². The molecule has 1 aliphatic heterocycles. The summed E-state index contributed by atoms with van der Waals surface area (Å²) in [4.78, 5) is 0. The number of nitrogens with zero attached hydrogens (tertiary/aromatic N) is 2. The number of hydrogen-bond acceptors (Lipinski definition) is 4. The Balaban J connectivity index is 0.00000182. The first-order valence-electron chi connectivity index (χ1n) is 8.01. The molecule has 5 nitrogen and oxygen atoms in total. The molecule has 1 saturated heterocycles. The smallest absolute Gasteiger partial charge is 0.241 e.